The molecule has 11 heteroatoms. The van der Waals surface area contributed by atoms with Crippen molar-refractivity contribution in [3.63, 3.8) is 0 Å². The van der Waals surface area contributed by atoms with Crippen molar-refractivity contribution in [1.29, 1.82) is 0 Å². The predicted molar refractivity (Wildman–Crippen MR) is 119 cm³/mol. The van der Waals surface area contributed by atoms with Crippen LogP contribution in [0.2, 0.25) is 0 Å². The number of carboxylic acid groups (broad SMARTS) is 1. The van der Waals surface area contributed by atoms with E-state index in [0.29, 0.717) is 45.0 Å². The molecule has 1 aromatic rings. The third kappa shape index (κ3) is 8.86. The molecule has 0 bridgehead atoms. The van der Waals surface area contributed by atoms with E-state index in [2.05, 4.69) is 39.4 Å². The highest BCUT2D eigenvalue weighted by Gasteiger charge is 2.28. The van der Waals surface area contributed by atoms with Crippen LogP contribution in [-0.2, 0) is 9.59 Å². The Kier molecular flexibility index (Phi) is 9.36. The van der Waals surface area contributed by atoms with Crippen LogP contribution in [0, 0.1) is 6.92 Å². The van der Waals surface area contributed by atoms with Gasteiger partial charge in [-0.1, -0.05) is 0 Å². The van der Waals surface area contributed by atoms with Gasteiger partial charge in [0.1, 0.15) is 5.82 Å². The molecule has 0 radical (unpaired) electrons. The Labute approximate surface area is 188 Å². The van der Waals surface area contributed by atoms with Crippen LogP contribution in [0.15, 0.2) is 23.5 Å². The number of nitrogens with zero attached hydrogens (tertiary/aromatic N) is 5. The lowest BCUT2D eigenvalue weighted by molar-refractivity contribution is -0.137. The monoisotopic (exact) mass is 447 g/mol. The zero-order chi connectivity index (χ0) is 23.6. The number of carbonyl (C=O) groups excluding carboxylic acids is 2. The second-order valence-corrected chi connectivity index (χ2v) is 8.34. The Morgan fingerprint density at radius 1 is 1.16 bits per heavy atom. The molecule has 2 aliphatic heterocycles. The van der Waals surface area contributed by atoms with Crippen molar-refractivity contribution in [3.8, 4) is 0 Å². The molecule has 2 aliphatic rings. The van der Waals surface area contributed by atoms with Crippen molar-refractivity contribution in [2.45, 2.75) is 52.0 Å². The average molecular weight is 448 g/mol. The zero-order valence-electron chi connectivity index (χ0n) is 19.0. The summed E-state index contributed by atoms with van der Waals surface area (Å²) in [4.78, 5) is 49.9. The topological polar surface area (TPSA) is 140 Å². The summed E-state index contributed by atoms with van der Waals surface area (Å²) >= 11 is 0. The van der Waals surface area contributed by atoms with Crippen molar-refractivity contribution >= 4 is 23.9 Å². The fourth-order valence-electron chi connectivity index (χ4n) is 3.22. The van der Waals surface area contributed by atoms with E-state index >= 15 is 0 Å². The van der Waals surface area contributed by atoms with Crippen molar-refractivity contribution in [2.75, 3.05) is 32.7 Å². The summed E-state index contributed by atoms with van der Waals surface area (Å²) < 4.78 is 0. The maximum atomic E-state index is 12.1. The molecule has 176 valence electrons. The third-order valence-corrected chi connectivity index (χ3v) is 5.02. The van der Waals surface area contributed by atoms with E-state index in [1.165, 1.54) is 4.90 Å². The summed E-state index contributed by atoms with van der Waals surface area (Å²) in [6, 6.07) is 1.65. The van der Waals surface area contributed by atoms with Crippen LogP contribution in [0.25, 0.3) is 0 Å². The molecule has 0 atom stereocenters. The molecular formula is C21H33N7O4. The lowest BCUT2D eigenvalue weighted by Crippen LogP contribution is -2.53. The van der Waals surface area contributed by atoms with Gasteiger partial charge in [0.25, 0.3) is 0 Å². The first-order chi connectivity index (χ1) is 15.2. The van der Waals surface area contributed by atoms with Crippen LogP contribution in [0.4, 0.5) is 4.79 Å². The Hall–Kier alpha value is -3.24. The van der Waals surface area contributed by atoms with Gasteiger partial charge in [0.05, 0.1) is 6.42 Å². The summed E-state index contributed by atoms with van der Waals surface area (Å²) in [5.41, 5.74) is -0.0776. The fraction of sp³-hybridized carbons (Fsp3) is 0.619. The number of aryl methyl sites for hydroxylation is 1. The summed E-state index contributed by atoms with van der Waals surface area (Å²) in [5.74, 6) is 0.296. The number of rotatable bonds is 7. The second kappa shape index (κ2) is 12.0. The van der Waals surface area contributed by atoms with Gasteiger partial charge in [0, 0.05) is 57.1 Å². The summed E-state index contributed by atoms with van der Waals surface area (Å²) in [6.07, 6.45) is 5.18. The number of carbonyl (C=O) groups is 3. The maximum Gasteiger partial charge on any atom is 0.320 e. The van der Waals surface area contributed by atoms with E-state index in [0.717, 1.165) is 12.2 Å². The smallest absolute Gasteiger partial charge is 0.320 e. The van der Waals surface area contributed by atoms with Gasteiger partial charge in [-0.3, -0.25) is 19.9 Å². The lowest BCUT2D eigenvalue weighted by atomic mass is 10.00. The molecule has 1 saturated heterocycles. The maximum absolute atomic E-state index is 12.1. The fourth-order valence-corrected chi connectivity index (χ4v) is 3.22. The van der Waals surface area contributed by atoms with Crippen molar-refractivity contribution < 1.29 is 19.5 Å². The molecule has 3 N–H and O–H groups in total. The van der Waals surface area contributed by atoms with E-state index in [9.17, 15) is 14.4 Å². The molecule has 3 amide bonds. The predicted octanol–water partition coefficient (Wildman–Crippen LogP) is 1.01. The van der Waals surface area contributed by atoms with Crippen molar-refractivity contribution in [3.05, 3.63) is 24.3 Å². The average Bonchev–Trinajstić information content (AvgIpc) is 3.06. The number of hydrogen-bond donors (Lipinski definition) is 3. The molecule has 0 aromatic carbocycles. The Morgan fingerprint density at radius 2 is 1.81 bits per heavy atom. The van der Waals surface area contributed by atoms with E-state index in [4.69, 9.17) is 5.11 Å². The van der Waals surface area contributed by atoms with Gasteiger partial charge in [-0.15, -0.1) is 0 Å². The Bertz CT molecular complexity index is 814. The number of aliphatic imine (C=N–C) groups is 1. The first-order valence-electron chi connectivity index (χ1n) is 10.8. The van der Waals surface area contributed by atoms with Gasteiger partial charge in [-0.25, -0.2) is 14.8 Å². The number of hydrogen-bond acceptors (Lipinski definition) is 7. The van der Waals surface area contributed by atoms with Gasteiger partial charge in [-0.2, -0.15) is 0 Å². The molecule has 1 fully saturated rings. The minimum absolute atomic E-state index is 0.0482. The molecule has 3 rings (SSSR count). The van der Waals surface area contributed by atoms with E-state index < -0.39 is 5.97 Å². The molecule has 0 saturated carbocycles. The first-order valence-corrected chi connectivity index (χ1v) is 10.8. The van der Waals surface area contributed by atoms with Crippen LogP contribution < -0.4 is 10.6 Å². The lowest BCUT2D eigenvalue weighted by Gasteiger charge is -2.31. The molecule has 32 heavy (non-hydrogen) atoms. The minimum Gasteiger partial charge on any atom is -0.481 e. The SMILES string of the molecule is CC1(C)CCN=C(NC(=O)CCCN2CCN(CCC(=O)O)C2=O)N1.Cc1ncccn1. The Morgan fingerprint density at radius 3 is 2.38 bits per heavy atom. The highest BCUT2D eigenvalue weighted by molar-refractivity contribution is 5.97. The molecular weight excluding hydrogens is 414 g/mol. The number of aliphatic carboxylic acids is 1. The van der Waals surface area contributed by atoms with E-state index in [-0.39, 0.29) is 30.4 Å². The third-order valence-electron chi connectivity index (χ3n) is 5.02. The highest BCUT2D eigenvalue weighted by atomic mass is 16.4. The number of carboxylic acids is 1. The highest BCUT2D eigenvalue weighted by Crippen LogP contribution is 2.12. The van der Waals surface area contributed by atoms with Gasteiger partial charge in [-0.05, 0) is 39.7 Å². The minimum atomic E-state index is -0.912. The molecule has 3 heterocycles. The second-order valence-electron chi connectivity index (χ2n) is 8.34. The molecule has 1 aromatic heterocycles. The van der Waals surface area contributed by atoms with E-state index in [1.54, 1.807) is 23.4 Å². The van der Waals surface area contributed by atoms with E-state index in [1.807, 2.05) is 6.92 Å². The van der Waals surface area contributed by atoms with Crippen LogP contribution in [0.1, 0.15) is 45.4 Å². The number of nitrogens with one attached hydrogen (secondary N) is 2. The van der Waals surface area contributed by atoms with Gasteiger partial charge >= 0.3 is 12.0 Å². The molecule has 0 spiro atoms. The van der Waals surface area contributed by atoms with Crippen LogP contribution in [0.5, 0.6) is 0 Å². The summed E-state index contributed by atoms with van der Waals surface area (Å²) in [6.45, 7) is 8.49. The summed E-state index contributed by atoms with van der Waals surface area (Å²) in [7, 11) is 0. The molecule has 0 unspecified atom stereocenters. The quantitative estimate of drug-likeness (QED) is 0.566. The van der Waals surface area contributed by atoms with Gasteiger partial charge in [0.15, 0.2) is 5.96 Å². The van der Waals surface area contributed by atoms with Crippen LogP contribution in [-0.4, -0.2) is 87.0 Å². The van der Waals surface area contributed by atoms with Crippen LogP contribution >= 0.6 is 0 Å². The first kappa shape index (κ1) is 25.0. The number of amides is 3. The number of aromatic nitrogens is 2. The van der Waals surface area contributed by atoms with Gasteiger partial charge in [0.2, 0.25) is 5.91 Å². The summed E-state index contributed by atoms with van der Waals surface area (Å²) in [5, 5.41) is 14.6. The standard InChI is InChI=1S/C16H27N5O4.C5H6N2/c1-16(2)6-7-17-14(19-16)18-12(22)4-3-8-20-10-11-21(15(20)25)9-5-13(23)24;1-5-6-3-2-4-7-5/h3-11H2,1-2H3,(H,23,24)(H2,17,18,19,22);2-4H,1H3. The van der Waals surface area contributed by atoms with Crippen LogP contribution in [0.3, 0.4) is 0 Å². The number of urea groups is 1. The van der Waals surface area contributed by atoms with Crippen molar-refractivity contribution in [1.82, 2.24) is 30.4 Å². The molecule has 0 aliphatic carbocycles. The molecule has 11 nitrogen and oxygen atoms in total. The number of guanidine groups is 1. The van der Waals surface area contributed by atoms with Crippen molar-refractivity contribution in [2.24, 2.45) is 4.99 Å². The normalized spacial score (nSPS) is 17.1. The van der Waals surface area contributed by atoms with Gasteiger partial charge < -0.3 is 20.2 Å². The Balaban J connectivity index is 0.000000439. The zero-order valence-corrected chi connectivity index (χ0v) is 19.0. The largest absolute Gasteiger partial charge is 0.481 e.